The first-order valence-corrected chi connectivity index (χ1v) is 5.61. The number of carbonyl (C=O) groups excluding carboxylic acids is 1. The minimum atomic E-state index is -0.0446. The minimum Gasteiger partial charge on any atom is -0.497 e. The maximum Gasteiger partial charge on any atom is 0.219 e. The number of hydrogen-bond acceptors (Lipinski definition) is 3. The van der Waals surface area contributed by atoms with E-state index in [1.165, 1.54) is 11.8 Å². The van der Waals surface area contributed by atoms with Crippen LogP contribution in [0.1, 0.15) is 31.1 Å². The zero-order valence-electron chi connectivity index (χ0n) is 9.53. The van der Waals surface area contributed by atoms with E-state index in [9.17, 15) is 4.79 Å². The molecule has 0 heterocycles. The lowest BCUT2D eigenvalue weighted by molar-refractivity contribution is 0.108. The van der Waals surface area contributed by atoms with Gasteiger partial charge in [0.1, 0.15) is 5.75 Å². The molecule has 0 unspecified atom stereocenters. The molecule has 1 aromatic carbocycles. The lowest BCUT2D eigenvalue weighted by Crippen LogP contribution is -2.11. The molecule has 0 fully saturated rings. The van der Waals surface area contributed by atoms with Crippen molar-refractivity contribution in [3.63, 3.8) is 0 Å². The molecule has 0 spiro atoms. The molecule has 1 aromatic rings. The zero-order valence-corrected chi connectivity index (χ0v) is 10.4. The van der Waals surface area contributed by atoms with Gasteiger partial charge in [-0.15, -0.1) is 0 Å². The van der Waals surface area contributed by atoms with Crippen molar-refractivity contribution in [1.82, 2.24) is 0 Å². The number of rotatable bonds is 2. The van der Waals surface area contributed by atoms with Crippen molar-refractivity contribution in [3.8, 4) is 5.75 Å². The van der Waals surface area contributed by atoms with Gasteiger partial charge in [0.25, 0.3) is 0 Å². The first kappa shape index (κ1) is 12.1. The minimum absolute atomic E-state index is 0.0446. The summed E-state index contributed by atoms with van der Waals surface area (Å²) < 4.78 is 4.99. The van der Waals surface area contributed by atoms with E-state index in [1.807, 2.05) is 20.8 Å². The predicted molar refractivity (Wildman–Crippen MR) is 64.7 cm³/mol. The van der Waals surface area contributed by atoms with E-state index in [-0.39, 0.29) is 9.86 Å². The summed E-state index contributed by atoms with van der Waals surface area (Å²) in [6, 6.07) is 7.19. The standard InChI is InChI=1S/C12H16O2S/c1-12(2,3)15-11(13)9-5-7-10(14-4)8-6-9/h5-8H,1-4H3. The smallest absolute Gasteiger partial charge is 0.219 e. The van der Waals surface area contributed by atoms with E-state index in [0.29, 0.717) is 0 Å². The van der Waals surface area contributed by atoms with Crippen LogP contribution in [0.2, 0.25) is 0 Å². The molecule has 0 N–H and O–H groups in total. The fourth-order valence-electron chi connectivity index (χ4n) is 1.06. The molecule has 0 bridgehead atoms. The summed E-state index contributed by atoms with van der Waals surface area (Å²) in [6.45, 7) is 6.08. The van der Waals surface area contributed by atoms with Gasteiger partial charge in [-0.2, -0.15) is 0 Å². The third-order valence-corrected chi connectivity index (χ3v) is 2.76. The Morgan fingerprint density at radius 2 is 1.73 bits per heavy atom. The summed E-state index contributed by atoms with van der Waals surface area (Å²) in [5, 5.41) is 0.102. The van der Waals surface area contributed by atoms with E-state index in [0.717, 1.165) is 11.3 Å². The molecule has 3 heteroatoms. The van der Waals surface area contributed by atoms with Gasteiger partial charge in [-0.05, 0) is 24.3 Å². The highest BCUT2D eigenvalue weighted by Gasteiger charge is 2.17. The average molecular weight is 224 g/mol. The molecule has 0 aliphatic rings. The molecule has 0 aliphatic carbocycles. The van der Waals surface area contributed by atoms with Crippen molar-refractivity contribution in [3.05, 3.63) is 29.8 Å². The van der Waals surface area contributed by atoms with Crippen LogP contribution in [-0.2, 0) is 0 Å². The fourth-order valence-corrected chi connectivity index (χ4v) is 1.87. The molecule has 15 heavy (non-hydrogen) atoms. The number of methoxy groups -OCH3 is 1. The maximum atomic E-state index is 11.8. The highest BCUT2D eigenvalue weighted by molar-refractivity contribution is 8.15. The van der Waals surface area contributed by atoms with Crippen LogP contribution in [0, 0.1) is 0 Å². The first-order valence-electron chi connectivity index (χ1n) is 4.80. The first-order chi connectivity index (χ1) is 6.92. The Morgan fingerprint density at radius 1 is 1.20 bits per heavy atom. The second-order valence-corrected chi connectivity index (χ2v) is 6.03. The second kappa shape index (κ2) is 4.71. The van der Waals surface area contributed by atoms with E-state index in [4.69, 9.17) is 4.74 Å². The third kappa shape index (κ3) is 3.96. The maximum absolute atomic E-state index is 11.8. The molecule has 82 valence electrons. The highest BCUT2D eigenvalue weighted by Crippen LogP contribution is 2.27. The summed E-state index contributed by atoms with van der Waals surface area (Å²) in [6.07, 6.45) is 0. The lowest BCUT2D eigenvalue weighted by Gasteiger charge is -2.15. The normalized spacial score (nSPS) is 11.2. The van der Waals surface area contributed by atoms with Crippen LogP contribution >= 0.6 is 11.8 Å². The Labute approximate surface area is 95.0 Å². The molecule has 0 aromatic heterocycles. The summed E-state index contributed by atoms with van der Waals surface area (Å²) in [4.78, 5) is 11.8. The van der Waals surface area contributed by atoms with Crippen molar-refractivity contribution in [2.45, 2.75) is 25.5 Å². The largest absolute Gasteiger partial charge is 0.497 e. The van der Waals surface area contributed by atoms with Crippen LogP contribution < -0.4 is 4.74 Å². The Balaban J connectivity index is 2.75. The zero-order chi connectivity index (χ0) is 11.5. The summed E-state index contributed by atoms with van der Waals surface area (Å²) >= 11 is 1.34. The van der Waals surface area contributed by atoms with E-state index >= 15 is 0 Å². The van der Waals surface area contributed by atoms with Gasteiger partial charge in [0.05, 0.1) is 7.11 Å². The summed E-state index contributed by atoms with van der Waals surface area (Å²) in [5.74, 6) is 0.771. The van der Waals surface area contributed by atoms with E-state index in [2.05, 4.69) is 0 Å². The van der Waals surface area contributed by atoms with Gasteiger partial charge in [0.2, 0.25) is 5.12 Å². The molecule has 1 rings (SSSR count). The Hall–Kier alpha value is -0.960. The van der Waals surface area contributed by atoms with Crippen molar-refractivity contribution in [2.75, 3.05) is 7.11 Å². The van der Waals surface area contributed by atoms with Gasteiger partial charge < -0.3 is 4.74 Å². The van der Waals surface area contributed by atoms with Gasteiger partial charge in [-0.25, -0.2) is 0 Å². The molecule has 2 nitrogen and oxygen atoms in total. The second-order valence-electron chi connectivity index (χ2n) is 4.23. The molecule has 0 saturated heterocycles. The number of ether oxygens (including phenoxy) is 1. The van der Waals surface area contributed by atoms with Crippen molar-refractivity contribution in [2.24, 2.45) is 0 Å². The van der Waals surface area contributed by atoms with Gasteiger partial charge in [0, 0.05) is 10.3 Å². The average Bonchev–Trinajstić information content (AvgIpc) is 2.15. The molecular formula is C12H16O2S. The Morgan fingerprint density at radius 3 is 2.13 bits per heavy atom. The summed E-state index contributed by atoms with van der Waals surface area (Å²) in [5.41, 5.74) is 0.718. The molecule has 0 amide bonds. The van der Waals surface area contributed by atoms with Gasteiger partial charge in [0.15, 0.2) is 0 Å². The van der Waals surface area contributed by atoms with Crippen molar-refractivity contribution in [1.29, 1.82) is 0 Å². The summed E-state index contributed by atoms with van der Waals surface area (Å²) in [7, 11) is 1.61. The van der Waals surface area contributed by atoms with Crippen molar-refractivity contribution >= 4 is 16.9 Å². The number of hydrogen-bond donors (Lipinski definition) is 0. The topological polar surface area (TPSA) is 26.3 Å². The van der Waals surface area contributed by atoms with Crippen LogP contribution in [0.15, 0.2) is 24.3 Å². The van der Waals surface area contributed by atoms with Gasteiger partial charge >= 0.3 is 0 Å². The van der Waals surface area contributed by atoms with E-state index in [1.54, 1.807) is 31.4 Å². The van der Waals surface area contributed by atoms with Gasteiger partial charge in [-0.3, -0.25) is 4.79 Å². The third-order valence-electron chi connectivity index (χ3n) is 1.72. The fraction of sp³-hybridized carbons (Fsp3) is 0.417. The molecule has 0 saturated carbocycles. The highest BCUT2D eigenvalue weighted by atomic mass is 32.2. The predicted octanol–water partition coefficient (Wildman–Crippen LogP) is 3.37. The number of carbonyl (C=O) groups is 1. The monoisotopic (exact) mass is 224 g/mol. The van der Waals surface area contributed by atoms with Crippen LogP contribution in [0.3, 0.4) is 0 Å². The number of benzene rings is 1. The molecule has 0 aliphatic heterocycles. The molecule has 0 radical (unpaired) electrons. The molecular weight excluding hydrogens is 208 g/mol. The van der Waals surface area contributed by atoms with Crippen LogP contribution in [0.5, 0.6) is 5.75 Å². The quantitative estimate of drug-likeness (QED) is 0.770. The SMILES string of the molecule is COc1ccc(C(=O)SC(C)(C)C)cc1. The van der Waals surface area contributed by atoms with Crippen LogP contribution in [0.25, 0.3) is 0 Å². The van der Waals surface area contributed by atoms with E-state index < -0.39 is 0 Å². The Kier molecular flexibility index (Phi) is 3.80. The van der Waals surface area contributed by atoms with Gasteiger partial charge in [-0.1, -0.05) is 32.5 Å². The number of thioether (sulfide) groups is 1. The van der Waals surface area contributed by atoms with Crippen molar-refractivity contribution < 1.29 is 9.53 Å². The van der Waals surface area contributed by atoms with Crippen LogP contribution in [0.4, 0.5) is 0 Å². The lowest BCUT2D eigenvalue weighted by atomic mass is 10.2. The molecule has 0 atom stereocenters. The van der Waals surface area contributed by atoms with Crippen LogP contribution in [-0.4, -0.2) is 17.0 Å². The Bertz CT molecular complexity index is 336.